The van der Waals surface area contributed by atoms with E-state index in [2.05, 4.69) is 10.4 Å². The first-order valence-electron chi connectivity index (χ1n) is 6.27. The van der Waals surface area contributed by atoms with E-state index in [0.29, 0.717) is 23.0 Å². The van der Waals surface area contributed by atoms with Crippen molar-refractivity contribution in [2.75, 3.05) is 20.1 Å². The van der Waals surface area contributed by atoms with Gasteiger partial charge in [0.1, 0.15) is 5.15 Å². The molecule has 1 amide bonds. The lowest BCUT2D eigenvalue weighted by Crippen LogP contribution is -2.38. The fourth-order valence-corrected chi connectivity index (χ4v) is 2.69. The SMILES string of the molecule is CCn1nc(C)c(C(=O)N(C)C2CCNC2)c1Cl. The molecule has 1 aromatic heterocycles. The van der Waals surface area contributed by atoms with Crippen LogP contribution in [-0.4, -0.2) is 46.8 Å². The van der Waals surface area contributed by atoms with E-state index >= 15 is 0 Å². The van der Waals surface area contributed by atoms with Gasteiger partial charge >= 0.3 is 0 Å². The summed E-state index contributed by atoms with van der Waals surface area (Å²) in [4.78, 5) is 14.2. The Labute approximate surface area is 112 Å². The molecule has 18 heavy (non-hydrogen) atoms. The highest BCUT2D eigenvalue weighted by Gasteiger charge is 2.28. The third-order valence-corrected chi connectivity index (χ3v) is 3.87. The molecule has 0 saturated carbocycles. The van der Waals surface area contributed by atoms with E-state index in [1.807, 2.05) is 20.9 Å². The first kappa shape index (κ1) is 13.4. The molecule has 0 radical (unpaired) electrons. The summed E-state index contributed by atoms with van der Waals surface area (Å²) in [7, 11) is 1.83. The Morgan fingerprint density at radius 3 is 2.89 bits per heavy atom. The van der Waals surface area contributed by atoms with Gasteiger partial charge in [-0.2, -0.15) is 5.10 Å². The molecule has 0 aromatic carbocycles. The van der Waals surface area contributed by atoms with E-state index in [1.54, 1.807) is 9.58 Å². The molecule has 0 spiro atoms. The number of hydrogen-bond acceptors (Lipinski definition) is 3. The molecule has 2 rings (SSSR count). The Bertz CT molecular complexity index is 451. The molecule has 2 heterocycles. The third-order valence-electron chi connectivity index (χ3n) is 3.48. The van der Waals surface area contributed by atoms with E-state index < -0.39 is 0 Å². The number of rotatable bonds is 3. The van der Waals surface area contributed by atoms with Gasteiger partial charge in [-0.05, 0) is 26.8 Å². The topological polar surface area (TPSA) is 50.2 Å². The van der Waals surface area contributed by atoms with Crippen molar-refractivity contribution in [3.63, 3.8) is 0 Å². The summed E-state index contributed by atoms with van der Waals surface area (Å²) in [5.41, 5.74) is 1.23. The smallest absolute Gasteiger partial charge is 0.258 e. The molecule has 0 aliphatic carbocycles. The Kier molecular flexibility index (Phi) is 3.92. The van der Waals surface area contributed by atoms with E-state index in [0.717, 1.165) is 19.5 Å². The summed E-state index contributed by atoms with van der Waals surface area (Å²) in [5.74, 6) is -0.0362. The average Bonchev–Trinajstić information content (AvgIpc) is 2.96. The van der Waals surface area contributed by atoms with Gasteiger partial charge in [-0.15, -0.1) is 0 Å². The van der Waals surface area contributed by atoms with Gasteiger partial charge in [0.15, 0.2) is 0 Å². The molecule has 1 fully saturated rings. The van der Waals surface area contributed by atoms with E-state index in [9.17, 15) is 4.79 Å². The fourth-order valence-electron chi connectivity index (χ4n) is 2.32. The second-order valence-electron chi connectivity index (χ2n) is 4.63. The molecule has 100 valence electrons. The van der Waals surface area contributed by atoms with Gasteiger partial charge in [0.2, 0.25) is 0 Å². The Balaban J connectivity index is 2.25. The first-order valence-corrected chi connectivity index (χ1v) is 6.64. The van der Waals surface area contributed by atoms with Gasteiger partial charge in [-0.3, -0.25) is 9.48 Å². The lowest BCUT2D eigenvalue weighted by Gasteiger charge is -2.23. The number of hydrogen-bond donors (Lipinski definition) is 1. The van der Waals surface area contributed by atoms with Crippen molar-refractivity contribution in [1.29, 1.82) is 0 Å². The number of aryl methyl sites for hydroxylation is 2. The van der Waals surface area contributed by atoms with Crippen molar-refractivity contribution >= 4 is 17.5 Å². The van der Waals surface area contributed by atoms with Crippen LogP contribution in [0.2, 0.25) is 5.15 Å². The molecule has 1 aromatic rings. The van der Waals surface area contributed by atoms with Crippen molar-refractivity contribution in [3.8, 4) is 0 Å². The second kappa shape index (κ2) is 5.28. The lowest BCUT2D eigenvalue weighted by molar-refractivity contribution is 0.0743. The molecule has 1 aliphatic heterocycles. The summed E-state index contributed by atoms with van der Waals surface area (Å²) >= 11 is 6.21. The molecule has 1 N–H and O–H groups in total. The molecule has 1 unspecified atom stereocenters. The number of halogens is 1. The summed E-state index contributed by atoms with van der Waals surface area (Å²) in [5, 5.41) is 7.98. The van der Waals surface area contributed by atoms with E-state index in [4.69, 9.17) is 11.6 Å². The maximum absolute atomic E-state index is 12.5. The van der Waals surface area contributed by atoms with Crippen LogP contribution in [0.4, 0.5) is 0 Å². The van der Waals surface area contributed by atoms with Crippen LogP contribution in [0.3, 0.4) is 0 Å². The minimum absolute atomic E-state index is 0.0362. The highest BCUT2D eigenvalue weighted by molar-refractivity contribution is 6.33. The number of likely N-dealkylation sites (N-methyl/N-ethyl adjacent to an activating group) is 1. The maximum Gasteiger partial charge on any atom is 0.258 e. The van der Waals surface area contributed by atoms with Gasteiger partial charge in [0, 0.05) is 26.2 Å². The second-order valence-corrected chi connectivity index (χ2v) is 4.99. The van der Waals surface area contributed by atoms with Crippen LogP contribution in [0.1, 0.15) is 29.4 Å². The normalized spacial score (nSPS) is 19.2. The Hall–Kier alpha value is -1.07. The first-order chi connectivity index (χ1) is 8.56. The predicted molar refractivity (Wildman–Crippen MR) is 71.0 cm³/mol. The quantitative estimate of drug-likeness (QED) is 0.901. The van der Waals surface area contributed by atoms with Crippen LogP contribution in [0, 0.1) is 6.92 Å². The molecule has 1 atom stereocenters. The van der Waals surface area contributed by atoms with Crippen molar-refractivity contribution in [2.45, 2.75) is 32.9 Å². The van der Waals surface area contributed by atoms with Crippen molar-refractivity contribution in [2.24, 2.45) is 0 Å². The Morgan fingerprint density at radius 1 is 1.67 bits per heavy atom. The molecule has 5 nitrogen and oxygen atoms in total. The van der Waals surface area contributed by atoms with Crippen LogP contribution >= 0.6 is 11.6 Å². The van der Waals surface area contributed by atoms with Crippen LogP contribution in [0.25, 0.3) is 0 Å². The van der Waals surface area contributed by atoms with Gasteiger partial charge in [0.25, 0.3) is 5.91 Å². The molecular weight excluding hydrogens is 252 g/mol. The van der Waals surface area contributed by atoms with E-state index in [-0.39, 0.29) is 11.9 Å². The summed E-state index contributed by atoms with van der Waals surface area (Å²) < 4.78 is 1.66. The lowest BCUT2D eigenvalue weighted by atomic mass is 10.2. The molecule has 0 bridgehead atoms. The number of aromatic nitrogens is 2. The highest BCUT2D eigenvalue weighted by atomic mass is 35.5. The number of nitrogens with zero attached hydrogens (tertiary/aromatic N) is 3. The minimum atomic E-state index is -0.0362. The zero-order valence-electron chi connectivity index (χ0n) is 11.0. The summed E-state index contributed by atoms with van der Waals surface area (Å²) in [6, 6.07) is 0.248. The van der Waals surface area contributed by atoms with Crippen LogP contribution in [0.5, 0.6) is 0 Å². The number of carbonyl (C=O) groups is 1. The van der Waals surface area contributed by atoms with Crippen molar-refractivity contribution < 1.29 is 4.79 Å². The molecular formula is C12H19ClN4O. The largest absolute Gasteiger partial charge is 0.337 e. The Morgan fingerprint density at radius 2 is 2.39 bits per heavy atom. The minimum Gasteiger partial charge on any atom is -0.337 e. The van der Waals surface area contributed by atoms with Gasteiger partial charge in [-0.25, -0.2) is 0 Å². The van der Waals surface area contributed by atoms with Crippen LogP contribution in [0.15, 0.2) is 0 Å². The molecule has 6 heteroatoms. The standard InChI is InChI=1S/C12H19ClN4O/c1-4-17-11(13)10(8(2)15-17)12(18)16(3)9-5-6-14-7-9/h9,14H,4-7H2,1-3H3. The maximum atomic E-state index is 12.5. The van der Waals surface area contributed by atoms with Crippen LogP contribution < -0.4 is 5.32 Å². The van der Waals surface area contributed by atoms with Gasteiger partial charge in [-0.1, -0.05) is 11.6 Å². The predicted octanol–water partition coefficient (Wildman–Crippen LogP) is 1.30. The molecule has 1 aliphatic rings. The summed E-state index contributed by atoms with van der Waals surface area (Å²) in [6.07, 6.45) is 0.987. The van der Waals surface area contributed by atoms with Gasteiger partial charge in [0.05, 0.1) is 11.3 Å². The van der Waals surface area contributed by atoms with Gasteiger partial charge < -0.3 is 10.2 Å². The monoisotopic (exact) mass is 270 g/mol. The number of carbonyl (C=O) groups excluding carboxylic acids is 1. The number of amides is 1. The zero-order chi connectivity index (χ0) is 13.3. The fraction of sp³-hybridized carbons (Fsp3) is 0.667. The van der Waals surface area contributed by atoms with E-state index in [1.165, 1.54) is 0 Å². The highest BCUT2D eigenvalue weighted by Crippen LogP contribution is 2.22. The van der Waals surface area contributed by atoms with Crippen LogP contribution in [-0.2, 0) is 6.54 Å². The zero-order valence-corrected chi connectivity index (χ0v) is 11.8. The molecule has 1 saturated heterocycles. The number of nitrogens with one attached hydrogen (secondary N) is 1. The summed E-state index contributed by atoms with van der Waals surface area (Å²) in [6.45, 7) is 6.26. The van der Waals surface area contributed by atoms with Crippen molar-refractivity contribution in [3.05, 3.63) is 16.4 Å². The van der Waals surface area contributed by atoms with Crippen molar-refractivity contribution in [1.82, 2.24) is 20.0 Å². The average molecular weight is 271 g/mol. The third kappa shape index (κ3) is 2.24.